The molecule has 0 saturated carbocycles. The summed E-state index contributed by atoms with van der Waals surface area (Å²) in [6.45, 7) is 3.75. The van der Waals surface area contributed by atoms with Crippen molar-refractivity contribution in [3.8, 4) is 0 Å². The molecule has 112 valence electrons. The lowest BCUT2D eigenvalue weighted by molar-refractivity contribution is -0.422. The van der Waals surface area contributed by atoms with Crippen LogP contribution in [0.5, 0.6) is 0 Å². The first kappa shape index (κ1) is 15.3. The van der Waals surface area contributed by atoms with Gasteiger partial charge in [-0.05, 0) is 37.1 Å². The van der Waals surface area contributed by atoms with Crippen LogP contribution in [0.4, 0.5) is 11.4 Å². The molecular weight excluding hydrogens is 288 g/mol. The summed E-state index contributed by atoms with van der Waals surface area (Å²) in [5.74, 6) is -0.416. The summed E-state index contributed by atoms with van der Waals surface area (Å²) < 4.78 is 0. The Morgan fingerprint density at radius 3 is 1.91 bits per heavy atom. The van der Waals surface area contributed by atoms with Crippen LogP contribution in [0.3, 0.4) is 0 Å². The number of nitro benzene ring substituents is 2. The number of nitrogens with zero attached hydrogens (tertiary/aromatic N) is 2. The van der Waals surface area contributed by atoms with E-state index < -0.39 is 27.0 Å². The third-order valence-corrected chi connectivity index (χ3v) is 3.40. The Kier molecular flexibility index (Phi) is 3.98. The number of carbonyl (C=O) groups is 1. The van der Waals surface area contributed by atoms with Crippen molar-refractivity contribution < 1.29 is 14.6 Å². The maximum absolute atomic E-state index is 12.4. The predicted molar refractivity (Wildman–Crippen MR) is 79.1 cm³/mol. The number of nitro groups is 2. The van der Waals surface area contributed by atoms with Crippen molar-refractivity contribution in [2.75, 3.05) is 0 Å². The molecule has 22 heavy (non-hydrogen) atoms. The van der Waals surface area contributed by atoms with E-state index in [0.717, 1.165) is 23.3 Å². The van der Waals surface area contributed by atoms with Crippen LogP contribution in [0.2, 0.25) is 0 Å². The second-order valence-electron chi connectivity index (χ2n) is 4.85. The van der Waals surface area contributed by atoms with Gasteiger partial charge in [-0.3, -0.25) is 25.0 Å². The Morgan fingerprint density at radius 1 is 0.818 bits per heavy atom. The number of aryl methyl sites for hydroxylation is 2. The number of carbonyl (C=O) groups excluding carboxylic acids is 1. The van der Waals surface area contributed by atoms with Crippen LogP contribution in [-0.2, 0) is 0 Å². The second-order valence-corrected chi connectivity index (χ2v) is 4.85. The summed E-state index contributed by atoms with van der Waals surface area (Å²) >= 11 is 0. The van der Waals surface area contributed by atoms with E-state index >= 15 is 0 Å². The molecule has 0 N–H and O–H groups in total. The van der Waals surface area contributed by atoms with Gasteiger partial charge >= 0.3 is 11.4 Å². The molecule has 0 fully saturated rings. The number of ketones is 1. The van der Waals surface area contributed by atoms with E-state index in [1.165, 1.54) is 6.07 Å². The van der Waals surface area contributed by atoms with Gasteiger partial charge in [0.05, 0.1) is 9.85 Å². The van der Waals surface area contributed by atoms with Gasteiger partial charge in [-0.15, -0.1) is 0 Å². The maximum atomic E-state index is 12.4. The molecule has 0 unspecified atom stereocenters. The highest BCUT2D eigenvalue weighted by Gasteiger charge is 2.26. The standard InChI is InChI=1S/C15H12N2O5/c1-9-3-4-11(7-10(9)2)15(18)12-5-6-13(16(19)20)14(8-12)17(21)22/h3-8H,1-2H3. The smallest absolute Gasteiger partial charge is 0.289 e. The molecule has 0 amide bonds. The minimum Gasteiger partial charge on any atom is -0.289 e. The molecule has 0 aliphatic rings. The first-order valence-electron chi connectivity index (χ1n) is 6.36. The van der Waals surface area contributed by atoms with Crippen LogP contribution in [0.1, 0.15) is 27.0 Å². The number of hydrogen-bond donors (Lipinski definition) is 0. The van der Waals surface area contributed by atoms with Crippen molar-refractivity contribution in [1.82, 2.24) is 0 Å². The van der Waals surface area contributed by atoms with E-state index in [9.17, 15) is 25.0 Å². The highest BCUT2D eigenvalue weighted by molar-refractivity contribution is 6.09. The Bertz CT molecular complexity index is 799. The molecule has 0 aliphatic carbocycles. The zero-order valence-corrected chi connectivity index (χ0v) is 11.9. The van der Waals surface area contributed by atoms with Crippen molar-refractivity contribution in [3.63, 3.8) is 0 Å². The predicted octanol–water partition coefficient (Wildman–Crippen LogP) is 3.35. The topological polar surface area (TPSA) is 103 Å². The van der Waals surface area contributed by atoms with Crippen LogP contribution in [0.25, 0.3) is 0 Å². The minimum absolute atomic E-state index is 0.0422. The molecular formula is C15H12N2O5. The molecule has 0 radical (unpaired) electrons. The zero-order chi connectivity index (χ0) is 16.4. The Balaban J connectivity index is 2.50. The number of hydrogen-bond acceptors (Lipinski definition) is 5. The van der Waals surface area contributed by atoms with Gasteiger partial charge in [-0.2, -0.15) is 0 Å². The Labute approximate surface area is 125 Å². The second kappa shape index (κ2) is 5.72. The molecule has 0 atom stereocenters. The van der Waals surface area contributed by atoms with E-state index in [1.807, 2.05) is 13.8 Å². The van der Waals surface area contributed by atoms with Crippen molar-refractivity contribution in [3.05, 3.63) is 78.9 Å². The van der Waals surface area contributed by atoms with Crippen molar-refractivity contribution in [2.45, 2.75) is 13.8 Å². The summed E-state index contributed by atoms with van der Waals surface area (Å²) in [6.07, 6.45) is 0. The summed E-state index contributed by atoms with van der Waals surface area (Å²) in [5, 5.41) is 21.7. The van der Waals surface area contributed by atoms with Gasteiger partial charge in [-0.25, -0.2) is 0 Å². The van der Waals surface area contributed by atoms with Crippen LogP contribution in [0, 0.1) is 34.1 Å². The third kappa shape index (κ3) is 2.83. The zero-order valence-electron chi connectivity index (χ0n) is 11.9. The molecule has 0 bridgehead atoms. The molecule has 2 rings (SSSR count). The van der Waals surface area contributed by atoms with Crippen LogP contribution >= 0.6 is 0 Å². The average Bonchev–Trinajstić information content (AvgIpc) is 2.48. The van der Waals surface area contributed by atoms with Crippen molar-refractivity contribution in [1.29, 1.82) is 0 Å². The lowest BCUT2D eigenvalue weighted by Gasteiger charge is -2.05. The summed E-state index contributed by atoms with van der Waals surface area (Å²) in [7, 11) is 0. The number of rotatable bonds is 4. The first-order chi connectivity index (χ1) is 10.3. The average molecular weight is 300 g/mol. The monoisotopic (exact) mass is 300 g/mol. The molecule has 0 aliphatic heterocycles. The van der Waals surface area contributed by atoms with Crippen LogP contribution < -0.4 is 0 Å². The molecule has 0 saturated heterocycles. The van der Waals surface area contributed by atoms with Crippen molar-refractivity contribution in [2.24, 2.45) is 0 Å². The third-order valence-electron chi connectivity index (χ3n) is 3.40. The first-order valence-corrected chi connectivity index (χ1v) is 6.36. The van der Waals surface area contributed by atoms with Gasteiger partial charge in [0.15, 0.2) is 5.78 Å². The molecule has 2 aromatic rings. The van der Waals surface area contributed by atoms with Gasteiger partial charge < -0.3 is 0 Å². The van der Waals surface area contributed by atoms with Gasteiger partial charge in [0.25, 0.3) is 0 Å². The van der Waals surface area contributed by atoms with Gasteiger partial charge in [-0.1, -0.05) is 12.1 Å². The van der Waals surface area contributed by atoms with E-state index in [0.29, 0.717) is 5.56 Å². The van der Waals surface area contributed by atoms with E-state index in [1.54, 1.807) is 18.2 Å². The van der Waals surface area contributed by atoms with E-state index in [-0.39, 0.29) is 5.56 Å². The highest BCUT2D eigenvalue weighted by atomic mass is 16.6. The summed E-state index contributed by atoms with van der Waals surface area (Å²) in [5.41, 5.74) is 1.03. The Hall–Kier alpha value is -3.09. The molecule has 0 spiro atoms. The number of benzene rings is 2. The summed E-state index contributed by atoms with van der Waals surface area (Å²) in [6, 6.07) is 8.23. The van der Waals surface area contributed by atoms with E-state index in [2.05, 4.69) is 0 Å². The summed E-state index contributed by atoms with van der Waals surface area (Å²) in [4.78, 5) is 32.4. The van der Waals surface area contributed by atoms with Crippen LogP contribution in [-0.4, -0.2) is 15.6 Å². The molecule has 2 aromatic carbocycles. The fourth-order valence-electron chi connectivity index (χ4n) is 2.01. The maximum Gasteiger partial charge on any atom is 0.346 e. The highest BCUT2D eigenvalue weighted by Crippen LogP contribution is 2.28. The molecule has 0 aromatic heterocycles. The van der Waals surface area contributed by atoms with Gasteiger partial charge in [0.1, 0.15) is 0 Å². The van der Waals surface area contributed by atoms with Crippen LogP contribution in [0.15, 0.2) is 36.4 Å². The lowest BCUT2D eigenvalue weighted by Crippen LogP contribution is -2.04. The van der Waals surface area contributed by atoms with E-state index in [4.69, 9.17) is 0 Å². The fourth-order valence-corrected chi connectivity index (χ4v) is 2.01. The molecule has 0 heterocycles. The van der Waals surface area contributed by atoms with Crippen molar-refractivity contribution >= 4 is 17.2 Å². The largest absolute Gasteiger partial charge is 0.346 e. The molecule has 7 heteroatoms. The van der Waals surface area contributed by atoms with Gasteiger partial charge in [0.2, 0.25) is 0 Å². The quantitative estimate of drug-likeness (QED) is 0.489. The molecule has 7 nitrogen and oxygen atoms in total. The SMILES string of the molecule is Cc1ccc(C(=O)c2ccc([N+](=O)[O-])c([N+](=O)[O-])c2)cc1C. The van der Waals surface area contributed by atoms with Gasteiger partial charge in [0, 0.05) is 23.3 Å². The fraction of sp³-hybridized carbons (Fsp3) is 0.133. The minimum atomic E-state index is -0.866. The lowest BCUT2D eigenvalue weighted by atomic mass is 9.99. The normalized spacial score (nSPS) is 10.3. The Morgan fingerprint density at radius 2 is 1.36 bits per heavy atom.